The molecule has 1 saturated heterocycles. The summed E-state index contributed by atoms with van der Waals surface area (Å²) >= 11 is 0. The highest BCUT2D eigenvalue weighted by Crippen LogP contribution is 2.41. The standard InChI is InChI=1S/C13H22F3N/c14-13(15,16)12-3-1-10(2-4-12)9-11-5-7-17-8-6-11/h10-12,17H,1-9H2. The zero-order valence-corrected chi connectivity index (χ0v) is 10.2. The molecule has 1 heterocycles. The second kappa shape index (κ2) is 5.59. The Balaban J connectivity index is 1.71. The molecule has 0 aromatic carbocycles. The van der Waals surface area contributed by atoms with Crippen molar-refractivity contribution in [3.8, 4) is 0 Å². The van der Waals surface area contributed by atoms with Crippen LogP contribution in [0.25, 0.3) is 0 Å². The van der Waals surface area contributed by atoms with Crippen LogP contribution in [0.15, 0.2) is 0 Å². The fourth-order valence-electron chi connectivity index (χ4n) is 3.31. The van der Waals surface area contributed by atoms with Crippen LogP contribution in [0.5, 0.6) is 0 Å². The molecule has 2 aliphatic rings. The van der Waals surface area contributed by atoms with E-state index in [1.165, 1.54) is 12.8 Å². The fraction of sp³-hybridized carbons (Fsp3) is 1.00. The summed E-state index contributed by atoms with van der Waals surface area (Å²) in [6.07, 6.45) is 1.91. The molecule has 0 radical (unpaired) electrons. The molecule has 1 saturated carbocycles. The molecule has 17 heavy (non-hydrogen) atoms. The van der Waals surface area contributed by atoms with E-state index >= 15 is 0 Å². The summed E-state index contributed by atoms with van der Waals surface area (Å²) in [4.78, 5) is 0. The van der Waals surface area contributed by atoms with Crippen molar-refractivity contribution in [2.45, 2.75) is 51.1 Å². The number of hydrogen-bond acceptors (Lipinski definition) is 1. The van der Waals surface area contributed by atoms with Crippen LogP contribution in [0, 0.1) is 17.8 Å². The molecule has 1 aliphatic heterocycles. The Morgan fingerprint density at radius 2 is 1.35 bits per heavy atom. The molecular formula is C13H22F3N. The smallest absolute Gasteiger partial charge is 0.317 e. The van der Waals surface area contributed by atoms with Gasteiger partial charge in [-0.1, -0.05) is 0 Å². The molecule has 0 spiro atoms. The van der Waals surface area contributed by atoms with Crippen molar-refractivity contribution in [3.05, 3.63) is 0 Å². The van der Waals surface area contributed by atoms with Crippen LogP contribution in [0.3, 0.4) is 0 Å². The largest absolute Gasteiger partial charge is 0.391 e. The van der Waals surface area contributed by atoms with Crippen molar-refractivity contribution >= 4 is 0 Å². The molecule has 0 aromatic heterocycles. The zero-order chi connectivity index (χ0) is 12.3. The van der Waals surface area contributed by atoms with Crippen LogP contribution in [0.2, 0.25) is 0 Å². The van der Waals surface area contributed by atoms with Gasteiger partial charge in [0.25, 0.3) is 0 Å². The third-order valence-corrected chi connectivity index (χ3v) is 4.44. The first-order valence-electron chi connectivity index (χ1n) is 6.83. The van der Waals surface area contributed by atoms with Gasteiger partial charge in [0.1, 0.15) is 0 Å². The van der Waals surface area contributed by atoms with Gasteiger partial charge in [-0.25, -0.2) is 0 Å². The molecule has 100 valence electrons. The maximum Gasteiger partial charge on any atom is 0.391 e. The van der Waals surface area contributed by atoms with E-state index in [9.17, 15) is 13.2 Å². The fourth-order valence-corrected chi connectivity index (χ4v) is 3.31. The number of alkyl halides is 3. The van der Waals surface area contributed by atoms with Crippen LogP contribution >= 0.6 is 0 Å². The number of rotatable bonds is 2. The average molecular weight is 249 g/mol. The molecule has 0 aromatic rings. The van der Waals surface area contributed by atoms with E-state index in [-0.39, 0.29) is 0 Å². The van der Waals surface area contributed by atoms with Crippen molar-refractivity contribution in [2.75, 3.05) is 13.1 Å². The molecule has 4 heteroatoms. The second-order valence-electron chi connectivity index (χ2n) is 5.69. The second-order valence-corrected chi connectivity index (χ2v) is 5.69. The topological polar surface area (TPSA) is 12.0 Å². The summed E-state index contributed by atoms with van der Waals surface area (Å²) in [6, 6.07) is 0. The maximum atomic E-state index is 12.5. The highest BCUT2D eigenvalue weighted by Gasteiger charge is 2.41. The van der Waals surface area contributed by atoms with Gasteiger partial charge in [-0.05, 0) is 69.9 Å². The molecular weight excluding hydrogens is 227 g/mol. The Morgan fingerprint density at radius 3 is 1.88 bits per heavy atom. The lowest BCUT2D eigenvalue weighted by atomic mass is 9.76. The van der Waals surface area contributed by atoms with Crippen molar-refractivity contribution in [2.24, 2.45) is 17.8 Å². The van der Waals surface area contributed by atoms with Crippen LogP contribution in [0.4, 0.5) is 13.2 Å². The lowest BCUT2D eigenvalue weighted by Gasteiger charge is -2.33. The maximum absolute atomic E-state index is 12.5. The summed E-state index contributed by atoms with van der Waals surface area (Å²) in [5, 5.41) is 3.33. The first-order valence-corrected chi connectivity index (χ1v) is 6.83. The molecule has 0 amide bonds. The lowest BCUT2D eigenvalue weighted by molar-refractivity contribution is -0.184. The molecule has 1 N–H and O–H groups in total. The van der Waals surface area contributed by atoms with Crippen molar-refractivity contribution in [1.82, 2.24) is 5.32 Å². The highest BCUT2D eigenvalue weighted by molar-refractivity contribution is 4.80. The zero-order valence-electron chi connectivity index (χ0n) is 10.2. The van der Waals surface area contributed by atoms with Crippen LogP contribution in [0.1, 0.15) is 44.9 Å². The van der Waals surface area contributed by atoms with Gasteiger partial charge in [0.2, 0.25) is 0 Å². The van der Waals surface area contributed by atoms with E-state index in [4.69, 9.17) is 0 Å². The van der Waals surface area contributed by atoms with Crippen molar-refractivity contribution in [1.29, 1.82) is 0 Å². The minimum atomic E-state index is -3.96. The Kier molecular flexibility index (Phi) is 4.34. The summed E-state index contributed by atoms with van der Waals surface area (Å²) in [5.74, 6) is 0.284. The minimum Gasteiger partial charge on any atom is -0.317 e. The van der Waals surface area contributed by atoms with E-state index in [1.54, 1.807) is 0 Å². The molecule has 2 rings (SSSR count). The molecule has 0 bridgehead atoms. The average Bonchev–Trinajstić information content (AvgIpc) is 2.30. The first-order chi connectivity index (χ1) is 8.05. The van der Waals surface area contributed by atoms with E-state index in [2.05, 4.69) is 5.32 Å². The minimum absolute atomic E-state index is 0.360. The Hall–Kier alpha value is -0.250. The van der Waals surface area contributed by atoms with Gasteiger partial charge in [0.15, 0.2) is 0 Å². The normalized spacial score (nSPS) is 32.6. The summed E-state index contributed by atoms with van der Waals surface area (Å²) in [7, 11) is 0. The molecule has 1 nitrogen and oxygen atoms in total. The van der Waals surface area contributed by atoms with Crippen molar-refractivity contribution < 1.29 is 13.2 Å². The third kappa shape index (κ3) is 3.87. The highest BCUT2D eigenvalue weighted by atomic mass is 19.4. The van der Waals surface area contributed by atoms with Gasteiger partial charge in [0, 0.05) is 0 Å². The lowest BCUT2D eigenvalue weighted by Crippen LogP contribution is -2.31. The van der Waals surface area contributed by atoms with E-state index in [0.717, 1.165) is 38.3 Å². The number of hydrogen-bond donors (Lipinski definition) is 1. The molecule has 0 unspecified atom stereocenters. The summed E-state index contributed by atoms with van der Waals surface area (Å²) < 4.78 is 37.6. The van der Waals surface area contributed by atoms with Gasteiger partial charge >= 0.3 is 6.18 Å². The van der Waals surface area contributed by atoms with Gasteiger partial charge in [-0.15, -0.1) is 0 Å². The van der Waals surface area contributed by atoms with E-state index < -0.39 is 12.1 Å². The van der Waals surface area contributed by atoms with E-state index in [0.29, 0.717) is 18.8 Å². The number of piperidine rings is 1. The van der Waals surface area contributed by atoms with Gasteiger partial charge in [-0.3, -0.25) is 0 Å². The van der Waals surface area contributed by atoms with Crippen LogP contribution < -0.4 is 5.32 Å². The molecule has 1 aliphatic carbocycles. The predicted molar refractivity (Wildman–Crippen MR) is 61.7 cm³/mol. The summed E-state index contributed by atoms with van der Waals surface area (Å²) in [5.41, 5.74) is 0. The molecule has 0 atom stereocenters. The Bertz CT molecular complexity index is 225. The molecule has 2 fully saturated rings. The number of halogens is 3. The monoisotopic (exact) mass is 249 g/mol. The third-order valence-electron chi connectivity index (χ3n) is 4.44. The quantitative estimate of drug-likeness (QED) is 0.786. The first kappa shape index (κ1) is 13.2. The van der Waals surface area contributed by atoms with Gasteiger partial charge < -0.3 is 5.32 Å². The Labute approximate surface area is 101 Å². The van der Waals surface area contributed by atoms with Gasteiger partial charge in [-0.2, -0.15) is 13.2 Å². The van der Waals surface area contributed by atoms with Crippen molar-refractivity contribution in [3.63, 3.8) is 0 Å². The van der Waals surface area contributed by atoms with Crippen LogP contribution in [-0.2, 0) is 0 Å². The van der Waals surface area contributed by atoms with Gasteiger partial charge in [0.05, 0.1) is 5.92 Å². The van der Waals surface area contributed by atoms with E-state index in [1.807, 2.05) is 0 Å². The number of nitrogens with one attached hydrogen (secondary N) is 1. The Morgan fingerprint density at radius 1 is 0.824 bits per heavy atom. The summed E-state index contributed by atoms with van der Waals surface area (Å²) in [6.45, 7) is 2.17. The predicted octanol–water partition coefficient (Wildman–Crippen LogP) is 3.74. The SMILES string of the molecule is FC(F)(F)C1CCC(CC2CCNCC2)CC1. The van der Waals surface area contributed by atoms with Crippen LogP contribution in [-0.4, -0.2) is 19.3 Å².